The fourth-order valence-corrected chi connectivity index (χ4v) is 4.34. The fourth-order valence-electron chi connectivity index (χ4n) is 4.34. The highest BCUT2D eigenvalue weighted by atomic mass is 16.5. The van der Waals surface area contributed by atoms with E-state index in [2.05, 4.69) is 5.32 Å². The van der Waals surface area contributed by atoms with Crippen molar-refractivity contribution >= 4 is 45.8 Å². The van der Waals surface area contributed by atoms with E-state index in [4.69, 9.17) is 4.74 Å². The first-order valence-corrected chi connectivity index (χ1v) is 11.8. The molecular formula is C30H24N2O5. The van der Waals surface area contributed by atoms with Crippen molar-refractivity contribution in [3.8, 4) is 0 Å². The molecule has 0 saturated carbocycles. The Bertz CT molecular complexity index is 1610. The van der Waals surface area contributed by atoms with Crippen molar-refractivity contribution in [3.63, 3.8) is 0 Å². The summed E-state index contributed by atoms with van der Waals surface area (Å²) < 4.78 is 5.37. The van der Waals surface area contributed by atoms with Gasteiger partial charge in [0.25, 0.3) is 17.7 Å². The van der Waals surface area contributed by atoms with Crippen molar-refractivity contribution in [1.82, 2.24) is 0 Å². The standard InChI is InChI=1S/C30H24N2O5/c1-17-8-9-18(2)26(14-17)32-28(34)24-13-11-22(16-25(24)29(32)35)30(36)37-19(3)27(33)31-23-12-10-20-6-4-5-7-21(20)15-23/h4-16,19H,1-3H3,(H,31,33)/t19-/m1/s1. The molecule has 7 heteroatoms. The number of hydrogen-bond acceptors (Lipinski definition) is 5. The summed E-state index contributed by atoms with van der Waals surface area (Å²) in [5.41, 5.74) is 3.20. The number of amides is 3. The van der Waals surface area contributed by atoms with E-state index in [0.717, 1.165) is 26.8 Å². The first kappa shape index (κ1) is 23.9. The second-order valence-electron chi connectivity index (χ2n) is 9.09. The summed E-state index contributed by atoms with van der Waals surface area (Å²) in [6.45, 7) is 5.18. The first-order chi connectivity index (χ1) is 17.7. The van der Waals surface area contributed by atoms with Gasteiger partial charge in [0.15, 0.2) is 6.10 Å². The molecule has 1 aliphatic heterocycles. The van der Waals surface area contributed by atoms with Crippen LogP contribution in [0.5, 0.6) is 0 Å². The number of nitrogens with one attached hydrogen (secondary N) is 1. The predicted octanol–water partition coefficient (Wildman–Crippen LogP) is 5.44. The molecule has 184 valence electrons. The Hall–Kier alpha value is -4.78. The molecular weight excluding hydrogens is 468 g/mol. The zero-order valence-electron chi connectivity index (χ0n) is 20.6. The minimum Gasteiger partial charge on any atom is -0.449 e. The summed E-state index contributed by atoms with van der Waals surface area (Å²) in [5, 5.41) is 4.77. The molecule has 37 heavy (non-hydrogen) atoms. The lowest BCUT2D eigenvalue weighted by Gasteiger charge is -2.17. The highest BCUT2D eigenvalue weighted by Crippen LogP contribution is 2.32. The quantitative estimate of drug-likeness (QED) is 0.296. The van der Waals surface area contributed by atoms with Crippen LogP contribution in [0.1, 0.15) is 49.1 Å². The Morgan fingerprint density at radius 3 is 2.32 bits per heavy atom. The number of fused-ring (bicyclic) bond motifs is 2. The van der Waals surface area contributed by atoms with Gasteiger partial charge in [-0.3, -0.25) is 14.4 Å². The maximum Gasteiger partial charge on any atom is 0.338 e. The van der Waals surface area contributed by atoms with Gasteiger partial charge in [0.05, 0.1) is 22.4 Å². The summed E-state index contributed by atoms with van der Waals surface area (Å²) >= 11 is 0. The third-order valence-electron chi connectivity index (χ3n) is 6.40. The normalized spacial score (nSPS) is 13.4. The molecule has 3 amide bonds. The second kappa shape index (κ2) is 9.35. The number of anilines is 2. The Morgan fingerprint density at radius 2 is 1.54 bits per heavy atom. The van der Waals surface area contributed by atoms with Gasteiger partial charge < -0.3 is 10.1 Å². The Balaban J connectivity index is 1.31. The highest BCUT2D eigenvalue weighted by Gasteiger charge is 2.38. The molecule has 0 saturated heterocycles. The van der Waals surface area contributed by atoms with Gasteiger partial charge in [0, 0.05) is 5.69 Å². The topological polar surface area (TPSA) is 92.8 Å². The zero-order valence-corrected chi connectivity index (χ0v) is 20.6. The number of carbonyl (C=O) groups excluding carboxylic acids is 4. The number of aryl methyl sites for hydroxylation is 2. The minimum absolute atomic E-state index is 0.0769. The average Bonchev–Trinajstić information content (AvgIpc) is 3.14. The summed E-state index contributed by atoms with van der Waals surface area (Å²) in [6.07, 6.45) is -1.09. The monoisotopic (exact) mass is 492 g/mol. The number of ether oxygens (including phenoxy) is 1. The Kier molecular flexibility index (Phi) is 6.05. The average molecular weight is 493 g/mol. The van der Waals surface area contributed by atoms with Gasteiger partial charge in [-0.1, -0.05) is 42.5 Å². The summed E-state index contributed by atoms with van der Waals surface area (Å²) in [4.78, 5) is 52.8. The number of benzene rings is 4. The molecule has 1 N–H and O–H groups in total. The molecule has 7 nitrogen and oxygen atoms in total. The van der Waals surface area contributed by atoms with Crippen LogP contribution in [0.2, 0.25) is 0 Å². The molecule has 1 heterocycles. The first-order valence-electron chi connectivity index (χ1n) is 11.8. The van der Waals surface area contributed by atoms with E-state index in [-0.39, 0.29) is 16.7 Å². The van der Waals surface area contributed by atoms with Crippen molar-refractivity contribution in [2.24, 2.45) is 0 Å². The van der Waals surface area contributed by atoms with E-state index in [9.17, 15) is 19.2 Å². The number of esters is 1. The number of hydrogen-bond donors (Lipinski definition) is 1. The second-order valence-corrected chi connectivity index (χ2v) is 9.09. The summed E-state index contributed by atoms with van der Waals surface area (Å²) in [5.74, 6) is -2.21. The number of carbonyl (C=O) groups is 4. The van der Waals surface area contributed by atoms with Crippen molar-refractivity contribution < 1.29 is 23.9 Å². The largest absolute Gasteiger partial charge is 0.449 e. The van der Waals surface area contributed by atoms with E-state index in [1.165, 1.54) is 25.1 Å². The van der Waals surface area contributed by atoms with Gasteiger partial charge in [-0.05, 0) is 79.1 Å². The molecule has 0 fully saturated rings. The SMILES string of the molecule is Cc1ccc(C)c(N2C(=O)c3ccc(C(=O)O[C@H](C)C(=O)Nc4ccc5ccccc5c4)cc3C2=O)c1. The van der Waals surface area contributed by atoms with Crippen LogP contribution in [0.4, 0.5) is 11.4 Å². The Morgan fingerprint density at radius 1 is 0.811 bits per heavy atom. The van der Waals surface area contributed by atoms with Gasteiger partial charge in [0.2, 0.25) is 0 Å². The molecule has 0 radical (unpaired) electrons. The molecule has 1 atom stereocenters. The third kappa shape index (κ3) is 4.47. The predicted molar refractivity (Wildman–Crippen MR) is 141 cm³/mol. The highest BCUT2D eigenvalue weighted by molar-refractivity contribution is 6.35. The number of imide groups is 1. The number of rotatable bonds is 5. The van der Waals surface area contributed by atoms with Crippen LogP contribution in [-0.2, 0) is 9.53 Å². The van der Waals surface area contributed by atoms with Crippen LogP contribution in [0.25, 0.3) is 10.8 Å². The van der Waals surface area contributed by atoms with Crippen LogP contribution in [0.15, 0.2) is 78.9 Å². The third-order valence-corrected chi connectivity index (χ3v) is 6.40. The zero-order chi connectivity index (χ0) is 26.3. The molecule has 0 aliphatic carbocycles. The van der Waals surface area contributed by atoms with Crippen LogP contribution < -0.4 is 10.2 Å². The summed E-state index contributed by atoms with van der Waals surface area (Å²) in [7, 11) is 0. The van der Waals surface area contributed by atoms with E-state index < -0.39 is 29.8 Å². The maximum atomic E-state index is 13.2. The smallest absolute Gasteiger partial charge is 0.338 e. The molecule has 5 rings (SSSR count). The Labute approximate surface area is 213 Å². The lowest BCUT2D eigenvalue weighted by molar-refractivity contribution is -0.123. The van der Waals surface area contributed by atoms with E-state index in [1.54, 1.807) is 12.1 Å². The molecule has 4 aromatic carbocycles. The van der Waals surface area contributed by atoms with E-state index >= 15 is 0 Å². The van der Waals surface area contributed by atoms with Crippen molar-refractivity contribution in [3.05, 3.63) is 107 Å². The van der Waals surface area contributed by atoms with Crippen LogP contribution in [0, 0.1) is 13.8 Å². The van der Waals surface area contributed by atoms with Crippen LogP contribution in [-0.4, -0.2) is 29.8 Å². The van der Waals surface area contributed by atoms with E-state index in [1.807, 2.05) is 62.4 Å². The van der Waals surface area contributed by atoms with Crippen molar-refractivity contribution in [2.45, 2.75) is 26.9 Å². The lowest BCUT2D eigenvalue weighted by Crippen LogP contribution is -2.30. The van der Waals surface area contributed by atoms with Gasteiger partial charge in [-0.15, -0.1) is 0 Å². The molecule has 0 aromatic heterocycles. The van der Waals surface area contributed by atoms with Crippen LogP contribution in [0.3, 0.4) is 0 Å². The summed E-state index contributed by atoms with van der Waals surface area (Å²) in [6, 6.07) is 23.0. The molecule has 0 spiro atoms. The lowest BCUT2D eigenvalue weighted by atomic mass is 10.1. The minimum atomic E-state index is -1.09. The van der Waals surface area contributed by atoms with Crippen LogP contribution >= 0.6 is 0 Å². The fraction of sp³-hybridized carbons (Fsp3) is 0.133. The van der Waals surface area contributed by atoms with E-state index in [0.29, 0.717) is 11.4 Å². The maximum absolute atomic E-state index is 13.2. The molecule has 0 bridgehead atoms. The van der Waals surface area contributed by atoms with Gasteiger partial charge in [-0.2, -0.15) is 0 Å². The molecule has 1 aliphatic rings. The van der Waals surface area contributed by atoms with Gasteiger partial charge >= 0.3 is 5.97 Å². The van der Waals surface area contributed by atoms with Crippen molar-refractivity contribution in [2.75, 3.05) is 10.2 Å². The van der Waals surface area contributed by atoms with Gasteiger partial charge in [0.1, 0.15) is 0 Å². The number of nitrogens with zero attached hydrogens (tertiary/aromatic N) is 1. The molecule has 0 unspecified atom stereocenters. The van der Waals surface area contributed by atoms with Crippen molar-refractivity contribution in [1.29, 1.82) is 0 Å². The molecule has 4 aromatic rings. The van der Waals surface area contributed by atoms with Gasteiger partial charge in [-0.25, -0.2) is 9.69 Å².